The average molecular weight is 313 g/mol. The fraction of sp³-hybridized carbons (Fsp3) is 0.312. The predicted molar refractivity (Wildman–Crippen MR) is 90.2 cm³/mol. The molecule has 0 saturated heterocycles. The van der Waals surface area contributed by atoms with E-state index in [0.717, 1.165) is 35.2 Å². The zero-order chi connectivity index (χ0) is 15.4. The van der Waals surface area contributed by atoms with Gasteiger partial charge in [0.15, 0.2) is 5.13 Å². The zero-order valence-corrected chi connectivity index (χ0v) is 13.5. The number of rotatable bonds is 6. The summed E-state index contributed by atoms with van der Waals surface area (Å²) < 4.78 is 2.10. The molecule has 2 aromatic heterocycles. The topological polar surface area (TPSA) is 55.6 Å². The Balaban J connectivity index is 1.59. The van der Waals surface area contributed by atoms with E-state index in [-0.39, 0.29) is 0 Å². The summed E-state index contributed by atoms with van der Waals surface area (Å²) in [6.07, 6.45) is 2.62. The molecule has 0 saturated carbocycles. The molecule has 0 fully saturated rings. The Hall–Kier alpha value is -2.21. The van der Waals surface area contributed by atoms with Crippen LogP contribution in [0.15, 0.2) is 42.0 Å². The third-order valence-electron chi connectivity index (χ3n) is 3.40. The lowest BCUT2D eigenvalue weighted by Crippen LogP contribution is -2.11. The largest absolute Gasteiger partial charge is 0.361 e. The van der Waals surface area contributed by atoms with Crippen LogP contribution in [-0.4, -0.2) is 26.3 Å². The molecule has 0 amide bonds. The number of thiazole rings is 1. The molecule has 0 aliphatic heterocycles. The number of nitrogens with zero attached hydrogens (tertiary/aromatic N) is 4. The first-order chi connectivity index (χ1) is 10.7. The molecule has 0 spiro atoms. The third kappa shape index (κ3) is 3.33. The fourth-order valence-electron chi connectivity index (χ4n) is 2.25. The Labute approximate surface area is 134 Å². The van der Waals surface area contributed by atoms with E-state index in [0.29, 0.717) is 6.04 Å². The van der Waals surface area contributed by atoms with Crippen LogP contribution >= 0.6 is 11.3 Å². The molecule has 0 unspecified atom stereocenters. The van der Waals surface area contributed by atoms with Crippen molar-refractivity contribution < 1.29 is 0 Å². The standard InChI is InChI=1S/C16H19N5S/c1-12(2)21-11-18-20-15(21)8-9-17-16-19-14(10-22-16)13-6-4-3-5-7-13/h3-7,10-12H,8-9H2,1-2H3,(H,17,19). The van der Waals surface area contributed by atoms with Crippen LogP contribution < -0.4 is 5.32 Å². The Kier molecular flexibility index (Phi) is 4.48. The number of hydrogen-bond donors (Lipinski definition) is 1. The highest BCUT2D eigenvalue weighted by molar-refractivity contribution is 7.14. The van der Waals surface area contributed by atoms with Gasteiger partial charge in [-0.05, 0) is 13.8 Å². The van der Waals surface area contributed by atoms with Crippen LogP contribution in [0.5, 0.6) is 0 Å². The van der Waals surface area contributed by atoms with Gasteiger partial charge in [-0.15, -0.1) is 21.5 Å². The maximum atomic E-state index is 4.62. The zero-order valence-electron chi connectivity index (χ0n) is 12.7. The SMILES string of the molecule is CC(C)n1cnnc1CCNc1nc(-c2ccccc2)cs1. The van der Waals surface area contributed by atoms with Crippen molar-refractivity contribution in [2.24, 2.45) is 0 Å². The fourth-order valence-corrected chi connectivity index (χ4v) is 3.00. The van der Waals surface area contributed by atoms with Crippen LogP contribution in [0.1, 0.15) is 25.7 Å². The van der Waals surface area contributed by atoms with Crippen molar-refractivity contribution in [3.63, 3.8) is 0 Å². The minimum Gasteiger partial charge on any atom is -0.361 e. The van der Waals surface area contributed by atoms with Crippen molar-refractivity contribution in [1.29, 1.82) is 0 Å². The predicted octanol–water partition coefficient (Wildman–Crippen LogP) is 3.64. The summed E-state index contributed by atoms with van der Waals surface area (Å²) in [6.45, 7) is 5.06. The summed E-state index contributed by atoms with van der Waals surface area (Å²) in [7, 11) is 0. The van der Waals surface area contributed by atoms with Crippen molar-refractivity contribution in [1.82, 2.24) is 19.7 Å². The van der Waals surface area contributed by atoms with Gasteiger partial charge >= 0.3 is 0 Å². The van der Waals surface area contributed by atoms with E-state index in [1.807, 2.05) is 18.2 Å². The van der Waals surface area contributed by atoms with E-state index in [4.69, 9.17) is 0 Å². The Morgan fingerprint density at radius 2 is 2.05 bits per heavy atom. The Morgan fingerprint density at radius 1 is 1.23 bits per heavy atom. The van der Waals surface area contributed by atoms with Gasteiger partial charge in [-0.3, -0.25) is 0 Å². The summed E-state index contributed by atoms with van der Waals surface area (Å²) in [5.41, 5.74) is 2.16. The van der Waals surface area contributed by atoms with Crippen molar-refractivity contribution in [3.05, 3.63) is 47.9 Å². The minimum absolute atomic E-state index is 0.384. The normalized spacial score (nSPS) is 11.0. The lowest BCUT2D eigenvalue weighted by atomic mass is 10.2. The second-order valence-corrected chi connectivity index (χ2v) is 6.19. The van der Waals surface area contributed by atoms with Gasteiger partial charge in [0, 0.05) is 30.0 Å². The minimum atomic E-state index is 0.384. The van der Waals surface area contributed by atoms with Crippen LogP contribution in [0, 0.1) is 0 Å². The first-order valence-electron chi connectivity index (χ1n) is 7.37. The molecule has 6 heteroatoms. The van der Waals surface area contributed by atoms with E-state index in [1.165, 1.54) is 0 Å². The third-order valence-corrected chi connectivity index (χ3v) is 4.20. The number of aromatic nitrogens is 4. The summed E-state index contributed by atoms with van der Waals surface area (Å²) in [4.78, 5) is 4.62. The van der Waals surface area contributed by atoms with Crippen molar-refractivity contribution in [3.8, 4) is 11.3 Å². The number of anilines is 1. The van der Waals surface area contributed by atoms with E-state index in [2.05, 4.69) is 56.4 Å². The van der Waals surface area contributed by atoms with E-state index in [1.54, 1.807) is 17.7 Å². The number of nitrogens with one attached hydrogen (secondary N) is 1. The van der Waals surface area contributed by atoms with Crippen molar-refractivity contribution in [2.45, 2.75) is 26.3 Å². The van der Waals surface area contributed by atoms with Gasteiger partial charge in [-0.2, -0.15) is 0 Å². The number of benzene rings is 1. The maximum absolute atomic E-state index is 4.62. The maximum Gasteiger partial charge on any atom is 0.183 e. The highest BCUT2D eigenvalue weighted by atomic mass is 32.1. The van der Waals surface area contributed by atoms with E-state index >= 15 is 0 Å². The van der Waals surface area contributed by atoms with Gasteiger partial charge < -0.3 is 9.88 Å². The molecular formula is C16H19N5S. The molecule has 0 aliphatic carbocycles. The lowest BCUT2D eigenvalue weighted by Gasteiger charge is -2.09. The summed E-state index contributed by atoms with van der Waals surface area (Å²) in [6, 6.07) is 10.6. The molecule has 0 atom stereocenters. The molecular weight excluding hydrogens is 294 g/mol. The summed E-state index contributed by atoms with van der Waals surface area (Å²) >= 11 is 1.63. The monoisotopic (exact) mass is 313 g/mol. The van der Waals surface area contributed by atoms with Gasteiger partial charge in [0.25, 0.3) is 0 Å². The Morgan fingerprint density at radius 3 is 2.82 bits per heavy atom. The van der Waals surface area contributed by atoms with Gasteiger partial charge in [-0.25, -0.2) is 4.98 Å². The molecule has 0 radical (unpaired) electrons. The van der Waals surface area contributed by atoms with Crippen LogP contribution in [-0.2, 0) is 6.42 Å². The molecule has 22 heavy (non-hydrogen) atoms. The van der Waals surface area contributed by atoms with Crippen LogP contribution in [0.2, 0.25) is 0 Å². The molecule has 1 N–H and O–H groups in total. The van der Waals surface area contributed by atoms with Crippen LogP contribution in [0.4, 0.5) is 5.13 Å². The molecule has 2 heterocycles. The van der Waals surface area contributed by atoms with Gasteiger partial charge in [0.05, 0.1) is 5.69 Å². The summed E-state index contributed by atoms with van der Waals surface area (Å²) in [5, 5.41) is 14.5. The molecule has 3 rings (SSSR count). The molecule has 114 valence electrons. The Bertz CT molecular complexity index is 717. The molecule has 0 bridgehead atoms. The number of hydrogen-bond acceptors (Lipinski definition) is 5. The smallest absolute Gasteiger partial charge is 0.183 e. The lowest BCUT2D eigenvalue weighted by molar-refractivity contribution is 0.568. The quantitative estimate of drug-likeness (QED) is 0.755. The van der Waals surface area contributed by atoms with Crippen LogP contribution in [0.25, 0.3) is 11.3 Å². The molecule has 5 nitrogen and oxygen atoms in total. The average Bonchev–Trinajstić information content (AvgIpc) is 3.17. The molecule has 3 aromatic rings. The first-order valence-corrected chi connectivity index (χ1v) is 8.25. The van der Waals surface area contributed by atoms with Crippen LogP contribution in [0.3, 0.4) is 0 Å². The van der Waals surface area contributed by atoms with Gasteiger partial charge in [0.2, 0.25) is 0 Å². The van der Waals surface area contributed by atoms with E-state index in [9.17, 15) is 0 Å². The van der Waals surface area contributed by atoms with Crippen molar-refractivity contribution >= 4 is 16.5 Å². The second-order valence-electron chi connectivity index (χ2n) is 5.33. The molecule has 0 aliphatic rings. The molecule has 1 aromatic carbocycles. The van der Waals surface area contributed by atoms with E-state index < -0.39 is 0 Å². The van der Waals surface area contributed by atoms with Gasteiger partial charge in [0.1, 0.15) is 12.2 Å². The van der Waals surface area contributed by atoms with Crippen molar-refractivity contribution in [2.75, 3.05) is 11.9 Å². The highest BCUT2D eigenvalue weighted by Gasteiger charge is 2.08. The second kappa shape index (κ2) is 6.70. The first kappa shape index (κ1) is 14.7. The summed E-state index contributed by atoms with van der Waals surface area (Å²) in [5.74, 6) is 1.00. The highest BCUT2D eigenvalue weighted by Crippen LogP contribution is 2.24. The van der Waals surface area contributed by atoms with Gasteiger partial charge in [-0.1, -0.05) is 30.3 Å².